The van der Waals surface area contributed by atoms with Crippen LogP contribution >= 0.6 is 15.9 Å². The van der Waals surface area contributed by atoms with Gasteiger partial charge in [0.05, 0.1) is 0 Å². The summed E-state index contributed by atoms with van der Waals surface area (Å²) in [7, 11) is 4.07. The Hall–Kier alpha value is -3.37. The number of allylic oxidation sites excluding steroid dienone is 4. The summed E-state index contributed by atoms with van der Waals surface area (Å²) >= 11 is 3.54. The van der Waals surface area contributed by atoms with E-state index in [4.69, 9.17) is 0 Å². The molecule has 3 aromatic carbocycles. The van der Waals surface area contributed by atoms with Gasteiger partial charge in [-0.15, -0.1) is 0 Å². The summed E-state index contributed by atoms with van der Waals surface area (Å²) in [6.07, 6.45) is 5.06. The van der Waals surface area contributed by atoms with E-state index < -0.39 is 0 Å². The Bertz CT molecular complexity index is 1380. The average Bonchev–Trinajstić information content (AvgIpc) is 2.87. The second kappa shape index (κ2) is 9.59. The van der Waals surface area contributed by atoms with E-state index in [1.54, 1.807) is 0 Å². The Morgan fingerprint density at radius 3 is 2.25 bits per heavy atom. The summed E-state index contributed by atoms with van der Waals surface area (Å²) in [5.41, 5.74) is 7.92. The smallest absolute Gasteiger partial charge is 0.188 e. The first-order valence-electron chi connectivity index (χ1n) is 12.3. The van der Waals surface area contributed by atoms with Gasteiger partial charge in [0.25, 0.3) is 0 Å². The molecule has 0 amide bonds. The number of anilines is 1. The average molecular weight is 540 g/mol. The number of carbonyl (C=O) groups excluding carboxylic acids is 1. The fraction of sp³-hybridized carbons (Fsp3) is 0.219. The number of carbonyl (C=O) groups is 1. The largest absolute Gasteiger partial charge is 0.378 e. The van der Waals surface area contributed by atoms with Crippen LogP contribution in [0.1, 0.15) is 42.9 Å². The molecule has 36 heavy (non-hydrogen) atoms. The number of nitrogens with zero attached hydrogens (tertiary/aromatic N) is 1. The summed E-state index contributed by atoms with van der Waals surface area (Å²) in [5, 5.41) is 3.65. The molecule has 0 bridgehead atoms. The summed E-state index contributed by atoms with van der Waals surface area (Å²) in [5.74, 6) is 0.0228. The SMILES string of the molecule is CN(C)c1ccc(/C=C2\C(=O)C3=C(CC2(C)C)NC(c2ccc(Br)cc2)=CC3c2ccccc2)cc1. The highest BCUT2D eigenvalue weighted by atomic mass is 79.9. The van der Waals surface area contributed by atoms with Crippen LogP contribution in [0.2, 0.25) is 0 Å². The molecule has 2 aliphatic rings. The molecule has 1 atom stereocenters. The summed E-state index contributed by atoms with van der Waals surface area (Å²) in [4.78, 5) is 16.3. The van der Waals surface area contributed by atoms with E-state index in [0.29, 0.717) is 0 Å². The van der Waals surface area contributed by atoms with Crippen LogP contribution in [0, 0.1) is 5.41 Å². The predicted molar refractivity (Wildman–Crippen MR) is 154 cm³/mol. The highest BCUT2D eigenvalue weighted by Crippen LogP contribution is 2.48. The first kappa shape index (κ1) is 24.3. The number of benzene rings is 3. The van der Waals surface area contributed by atoms with Crippen molar-refractivity contribution < 1.29 is 4.79 Å². The minimum absolute atomic E-state index is 0.107. The number of Topliss-reactive ketones (excluding diaryl/α,β-unsaturated/α-hetero) is 1. The molecule has 1 N–H and O–H groups in total. The van der Waals surface area contributed by atoms with E-state index in [9.17, 15) is 4.79 Å². The van der Waals surface area contributed by atoms with Gasteiger partial charge in [-0.25, -0.2) is 0 Å². The van der Waals surface area contributed by atoms with Crippen molar-refractivity contribution in [2.24, 2.45) is 5.41 Å². The highest BCUT2D eigenvalue weighted by molar-refractivity contribution is 9.10. The Morgan fingerprint density at radius 2 is 1.61 bits per heavy atom. The normalized spacial score (nSPS) is 20.0. The minimum Gasteiger partial charge on any atom is -0.378 e. The first-order chi connectivity index (χ1) is 17.2. The topological polar surface area (TPSA) is 32.3 Å². The van der Waals surface area contributed by atoms with Crippen molar-refractivity contribution in [1.29, 1.82) is 0 Å². The maximum absolute atomic E-state index is 14.2. The van der Waals surface area contributed by atoms with Crippen molar-refractivity contribution in [2.45, 2.75) is 26.2 Å². The van der Waals surface area contributed by atoms with E-state index in [1.165, 1.54) is 0 Å². The van der Waals surface area contributed by atoms with Crippen LogP contribution in [-0.4, -0.2) is 19.9 Å². The third kappa shape index (κ3) is 4.70. The summed E-state index contributed by atoms with van der Waals surface area (Å²) < 4.78 is 1.05. The maximum atomic E-state index is 14.2. The van der Waals surface area contributed by atoms with Gasteiger partial charge in [0, 0.05) is 52.7 Å². The van der Waals surface area contributed by atoms with Crippen LogP contribution in [0.3, 0.4) is 0 Å². The van der Waals surface area contributed by atoms with Gasteiger partial charge in [0.1, 0.15) is 0 Å². The number of hydrogen-bond donors (Lipinski definition) is 1. The molecular formula is C32H31BrN2O. The number of rotatable bonds is 4. The van der Waals surface area contributed by atoms with Crippen LogP contribution in [0.25, 0.3) is 11.8 Å². The molecule has 1 heterocycles. The zero-order chi connectivity index (χ0) is 25.4. The monoisotopic (exact) mass is 538 g/mol. The Balaban J connectivity index is 1.59. The van der Waals surface area contributed by atoms with Crippen LogP contribution in [0.5, 0.6) is 0 Å². The molecule has 3 aromatic rings. The van der Waals surface area contributed by atoms with Crippen molar-refractivity contribution >= 4 is 39.2 Å². The van der Waals surface area contributed by atoms with Crippen molar-refractivity contribution in [1.82, 2.24) is 5.32 Å². The van der Waals surface area contributed by atoms with Gasteiger partial charge in [-0.3, -0.25) is 4.79 Å². The molecule has 0 fully saturated rings. The lowest BCUT2D eigenvalue weighted by atomic mass is 9.67. The van der Waals surface area contributed by atoms with E-state index in [1.807, 2.05) is 32.3 Å². The molecule has 0 spiro atoms. The van der Waals surface area contributed by atoms with E-state index in [2.05, 4.69) is 113 Å². The minimum atomic E-state index is -0.299. The van der Waals surface area contributed by atoms with Gasteiger partial charge in [-0.1, -0.05) is 84.4 Å². The second-order valence-corrected chi connectivity index (χ2v) is 11.3. The molecule has 5 rings (SSSR count). The Labute approximate surface area is 222 Å². The number of dihydropyridines is 1. The zero-order valence-corrected chi connectivity index (χ0v) is 22.8. The van der Waals surface area contributed by atoms with Gasteiger partial charge in [0.2, 0.25) is 0 Å². The molecule has 4 heteroatoms. The molecule has 182 valence electrons. The lowest BCUT2D eigenvalue weighted by Crippen LogP contribution is -2.37. The van der Waals surface area contributed by atoms with E-state index >= 15 is 0 Å². The molecule has 1 unspecified atom stereocenters. The third-order valence-electron chi connectivity index (χ3n) is 7.13. The Morgan fingerprint density at radius 1 is 0.944 bits per heavy atom. The van der Waals surface area contributed by atoms with Gasteiger partial charge in [0.15, 0.2) is 5.78 Å². The number of nitrogens with one attached hydrogen (secondary N) is 1. The van der Waals surface area contributed by atoms with E-state index in [0.717, 1.165) is 55.8 Å². The number of halogens is 1. The van der Waals surface area contributed by atoms with Gasteiger partial charge in [-0.2, -0.15) is 0 Å². The van der Waals surface area contributed by atoms with Crippen molar-refractivity contribution in [2.75, 3.05) is 19.0 Å². The van der Waals surface area contributed by atoms with Crippen LogP contribution in [0.4, 0.5) is 5.69 Å². The fourth-order valence-corrected chi connectivity index (χ4v) is 5.40. The molecule has 0 radical (unpaired) electrons. The van der Waals surface area contributed by atoms with Crippen LogP contribution in [-0.2, 0) is 4.79 Å². The Kier molecular flexibility index (Phi) is 6.48. The van der Waals surface area contributed by atoms with Gasteiger partial charge >= 0.3 is 0 Å². The zero-order valence-electron chi connectivity index (χ0n) is 21.2. The predicted octanol–water partition coefficient (Wildman–Crippen LogP) is 7.58. The van der Waals surface area contributed by atoms with Crippen molar-refractivity contribution in [3.05, 3.63) is 123 Å². The number of ketones is 1. The van der Waals surface area contributed by atoms with Crippen molar-refractivity contribution in [3.8, 4) is 0 Å². The molecule has 3 nitrogen and oxygen atoms in total. The van der Waals surface area contributed by atoms with Gasteiger partial charge < -0.3 is 10.2 Å². The molecule has 1 aliphatic carbocycles. The van der Waals surface area contributed by atoms with Crippen molar-refractivity contribution in [3.63, 3.8) is 0 Å². The third-order valence-corrected chi connectivity index (χ3v) is 7.66. The standard InChI is InChI=1S/C32H31BrN2O/c1-32(2)20-29-30(31(36)27(32)18-21-10-16-25(17-11-21)35(3)4)26(22-8-6-5-7-9-22)19-28(34-29)23-12-14-24(33)15-13-23/h5-19,26,34H,20H2,1-4H3/b27-18+. The second-order valence-electron chi connectivity index (χ2n) is 10.4. The summed E-state index contributed by atoms with van der Waals surface area (Å²) in [6, 6.07) is 27.0. The highest BCUT2D eigenvalue weighted by Gasteiger charge is 2.42. The molecule has 0 aromatic heterocycles. The molecular weight excluding hydrogens is 508 g/mol. The lowest BCUT2D eigenvalue weighted by molar-refractivity contribution is -0.113. The first-order valence-corrected chi connectivity index (χ1v) is 13.1. The van der Waals surface area contributed by atoms with Crippen LogP contribution in [0.15, 0.2) is 106 Å². The van der Waals surface area contributed by atoms with E-state index in [-0.39, 0.29) is 17.1 Å². The summed E-state index contributed by atoms with van der Waals surface area (Å²) in [6.45, 7) is 4.34. The van der Waals surface area contributed by atoms with Gasteiger partial charge in [-0.05, 0) is 64.9 Å². The lowest BCUT2D eigenvalue weighted by Gasteiger charge is -2.40. The van der Waals surface area contributed by atoms with Crippen LogP contribution < -0.4 is 10.2 Å². The quantitative estimate of drug-likeness (QED) is 0.347. The molecule has 1 aliphatic heterocycles. The maximum Gasteiger partial charge on any atom is 0.188 e. The number of hydrogen-bond acceptors (Lipinski definition) is 3. The molecule has 0 saturated heterocycles. The fourth-order valence-electron chi connectivity index (χ4n) is 5.13. The molecule has 0 saturated carbocycles.